The number of piperazine rings is 1. The highest BCUT2D eigenvalue weighted by Gasteiger charge is 2.35. The summed E-state index contributed by atoms with van der Waals surface area (Å²) in [6.07, 6.45) is 4.25. The molecule has 1 N–H and O–H groups in total. The van der Waals surface area contributed by atoms with Gasteiger partial charge >= 0.3 is 0 Å². The third-order valence-corrected chi connectivity index (χ3v) is 5.01. The Balaban J connectivity index is 1.95. The van der Waals surface area contributed by atoms with Gasteiger partial charge in [-0.25, -0.2) is 0 Å². The van der Waals surface area contributed by atoms with Gasteiger partial charge in [0.05, 0.1) is 0 Å². The van der Waals surface area contributed by atoms with Crippen LogP contribution in [-0.4, -0.2) is 60.1 Å². The molecule has 0 radical (unpaired) electrons. The minimum atomic E-state index is 0.590. The van der Waals surface area contributed by atoms with Gasteiger partial charge in [0, 0.05) is 37.3 Å². The molecule has 2 saturated heterocycles. The fraction of sp³-hybridized carbons (Fsp3) is 1.00. The van der Waals surface area contributed by atoms with Crippen LogP contribution in [0.15, 0.2) is 0 Å². The van der Waals surface area contributed by atoms with E-state index in [0.29, 0.717) is 18.1 Å². The number of rotatable bonds is 4. The molecule has 0 aliphatic carbocycles. The van der Waals surface area contributed by atoms with Gasteiger partial charge in [-0.3, -0.25) is 9.80 Å². The predicted molar refractivity (Wildman–Crippen MR) is 78.0 cm³/mol. The molecule has 0 aromatic carbocycles. The van der Waals surface area contributed by atoms with Gasteiger partial charge in [-0.2, -0.15) is 0 Å². The zero-order chi connectivity index (χ0) is 13.1. The number of likely N-dealkylation sites (N-methyl/N-ethyl adjacent to an activating group) is 1. The third kappa shape index (κ3) is 3.06. The Bertz CT molecular complexity index is 256. The van der Waals surface area contributed by atoms with Gasteiger partial charge in [0.15, 0.2) is 0 Å². The lowest BCUT2D eigenvalue weighted by atomic mass is 9.95. The van der Waals surface area contributed by atoms with Crippen molar-refractivity contribution in [1.82, 2.24) is 15.1 Å². The first kappa shape index (κ1) is 14.3. The van der Waals surface area contributed by atoms with E-state index in [-0.39, 0.29) is 0 Å². The first-order valence-electron chi connectivity index (χ1n) is 7.86. The molecule has 0 spiro atoms. The Morgan fingerprint density at radius 1 is 1.22 bits per heavy atom. The molecular weight excluding hydrogens is 222 g/mol. The second-order valence-corrected chi connectivity index (χ2v) is 6.28. The lowest BCUT2D eigenvalue weighted by Crippen LogP contribution is -2.63. The van der Waals surface area contributed by atoms with Gasteiger partial charge in [-0.05, 0) is 46.7 Å². The minimum absolute atomic E-state index is 0.590. The number of fused-ring (bicyclic) bond motifs is 1. The van der Waals surface area contributed by atoms with Gasteiger partial charge in [0.2, 0.25) is 0 Å². The Morgan fingerprint density at radius 3 is 2.72 bits per heavy atom. The molecule has 3 nitrogen and oxygen atoms in total. The van der Waals surface area contributed by atoms with E-state index in [1.807, 2.05) is 0 Å². The zero-order valence-corrected chi connectivity index (χ0v) is 12.7. The summed E-state index contributed by atoms with van der Waals surface area (Å²) in [6.45, 7) is 14.3. The molecule has 2 aliphatic heterocycles. The van der Waals surface area contributed by atoms with E-state index in [1.165, 1.54) is 38.9 Å². The highest BCUT2D eigenvalue weighted by molar-refractivity contribution is 4.93. The van der Waals surface area contributed by atoms with E-state index in [9.17, 15) is 0 Å². The van der Waals surface area contributed by atoms with Crippen molar-refractivity contribution in [3.8, 4) is 0 Å². The second-order valence-electron chi connectivity index (χ2n) is 6.28. The third-order valence-electron chi connectivity index (χ3n) is 5.01. The first-order chi connectivity index (χ1) is 8.63. The lowest BCUT2D eigenvalue weighted by Gasteiger charge is -2.50. The van der Waals surface area contributed by atoms with Gasteiger partial charge in [0.25, 0.3) is 0 Å². The van der Waals surface area contributed by atoms with E-state index in [0.717, 1.165) is 12.6 Å². The molecule has 0 aromatic rings. The number of nitrogens with one attached hydrogen (secondary N) is 1. The zero-order valence-electron chi connectivity index (χ0n) is 12.7. The molecule has 2 rings (SSSR count). The van der Waals surface area contributed by atoms with E-state index in [2.05, 4.69) is 42.8 Å². The standard InChI is InChI=1S/C15H31N3/c1-5-16-13(3)14(4)18-11-15-8-6-7-9-17(15)10-12(18)2/h12-16H,5-11H2,1-4H3. The van der Waals surface area contributed by atoms with E-state index >= 15 is 0 Å². The molecule has 0 aromatic heterocycles. The van der Waals surface area contributed by atoms with Crippen molar-refractivity contribution in [3.63, 3.8) is 0 Å². The summed E-state index contributed by atoms with van der Waals surface area (Å²) in [5.74, 6) is 0. The Hall–Kier alpha value is -0.120. The highest BCUT2D eigenvalue weighted by atomic mass is 15.3. The summed E-state index contributed by atoms with van der Waals surface area (Å²) >= 11 is 0. The maximum absolute atomic E-state index is 3.58. The van der Waals surface area contributed by atoms with Crippen LogP contribution in [0.5, 0.6) is 0 Å². The fourth-order valence-corrected chi connectivity index (χ4v) is 3.72. The van der Waals surface area contributed by atoms with Crippen LogP contribution in [0.4, 0.5) is 0 Å². The quantitative estimate of drug-likeness (QED) is 0.826. The van der Waals surface area contributed by atoms with Gasteiger partial charge in [-0.15, -0.1) is 0 Å². The van der Waals surface area contributed by atoms with Crippen LogP contribution in [0.2, 0.25) is 0 Å². The van der Waals surface area contributed by atoms with Crippen molar-refractivity contribution in [3.05, 3.63) is 0 Å². The first-order valence-corrected chi connectivity index (χ1v) is 7.86. The summed E-state index contributed by atoms with van der Waals surface area (Å²) in [6, 6.07) is 2.76. The topological polar surface area (TPSA) is 18.5 Å². The highest BCUT2D eigenvalue weighted by Crippen LogP contribution is 2.25. The monoisotopic (exact) mass is 253 g/mol. The molecule has 0 bridgehead atoms. The van der Waals surface area contributed by atoms with E-state index < -0.39 is 0 Å². The molecule has 4 atom stereocenters. The molecular formula is C15H31N3. The Morgan fingerprint density at radius 2 is 2.00 bits per heavy atom. The normalized spacial score (nSPS) is 34.0. The van der Waals surface area contributed by atoms with Crippen molar-refractivity contribution < 1.29 is 0 Å². The predicted octanol–water partition coefficient (Wildman–Crippen LogP) is 1.93. The van der Waals surface area contributed by atoms with Crippen LogP contribution >= 0.6 is 0 Å². The molecule has 4 unspecified atom stereocenters. The van der Waals surface area contributed by atoms with Crippen molar-refractivity contribution in [2.75, 3.05) is 26.2 Å². The number of hydrogen-bond donors (Lipinski definition) is 1. The number of piperidine rings is 1. The molecule has 2 fully saturated rings. The van der Waals surface area contributed by atoms with Crippen LogP contribution in [0.1, 0.15) is 47.0 Å². The SMILES string of the molecule is CCNC(C)C(C)N1CC2CCCCN2CC1C. The van der Waals surface area contributed by atoms with Crippen molar-refractivity contribution in [2.24, 2.45) is 0 Å². The molecule has 0 amide bonds. The van der Waals surface area contributed by atoms with Gasteiger partial charge < -0.3 is 5.32 Å². The smallest absolute Gasteiger partial charge is 0.0224 e. The minimum Gasteiger partial charge on any atom is -0.313 e. The summed E-state index contributed by atoms with van der Waals surface area (Å²) in [7, 11) is 0. The van der Waals surface area contributed by atoms with Crippen molar-refractivity contribution in [1.29, 1.82) is 0 Å². The maximum atomic E-state index is 3.58. The number of hydrogen-bond acceptors (Lipinski definition) is 3. The van der Waals surface area contributed by atoms with Crippen LogP contribution in [-0.2, 0) is 0 Å². The summed E-state index contributed by atoms with van der Waals surface area (Å²) < 4.78 is 0. The molecule has 2 aliphatic rings. The van der Waals surface area contributed by atoms with E-state index in [1.54, 1.807) is 0 Å². The van der Waals surface area contributed by atoms with Crippen LogP contribution in [0, 0.1) is 0 Å². The van der Waals surface area contributed by atoms with Crippen LogP contribution < -0.4 is 5.32 Å². The van der Waals surface area contributed by atoms with Crippen molar-refractivity contribution >= 4 is 0 Å². The fourth-order valence-electron chi connectivity index (χ4n) is 3.72. The molecule has 0 saturated carbocycles. The average Bonchev–Trinajstić information content (AvgIpc) is 2.37. The Labute approximate surface area is 113 Å². The van der Waals surface area contributed by atoms with Crippen molar-refractivity contribution in [2.45, 2.75) is 71.1 Å². The van der Waals surface area contributed by atoms with Crippen LogP contribution in [0.25, 0.3) is 0 Å². The van der Waals surface area contributed by atoms with Gasteiger partial charge in [-0.1, -0.05) is 13.3 Å². The summed E-state index contributed by atoms with van der Waals surface area (Å²) in [5.41, 5.74) is 0. The van der Waals surface area contributed by atoms with E-state index in [4.69, 9.17) is 0 Å². The Kier molecular flexibility index (Phi) is 5.05. The maximum Gasteiger partial charge on any atom is 0.0224 e. The summed E-state index contributed by atoms with van der Waals surface area (Å²) in [4.78, 5) is 5.47. The molecule has 2 heterocycles. The molecule has 18 heavy (non-hydrogen) atoms. The molecule has 3 heteroatoms. The largest absolute Gasteiger partial charge is 0.313 e. The van der Waals surface area contributed by atoms with Crippen LogP contribution in [0.3, 0.4) is 0 Å². The number of nitrogens with zero attached hydrogens (tertiary/aromatic N) is 2. The summed E-state index contributed by atoms with van der Waals surface area (Å²) in [5, 5.41) is 3.58. The average molecular weight is 253 g/mol. The lowest BCUT2D eigenvalue weighted by molar-refractivity contribution is -0.0105. The van der Waals surface area contributed by atoms with Gasteiger partial charge in [0.1, 0.15) is 0 Å². The second kappa shape index (κ2) is 6.36. The molecule has 106 valence electrons.